The number of thioether (sulfide) groups is 1. The second-order valence-electron chi connectivity index (χ2n) is 4.01. The van der Waals surface area contributed by atoms with E-state index in [1.165, 1.54) is 12.8 Å². The normalized spacial score (nSPS) is 19.9. The molecule has 1 atom stereocenters. The predicted molar refractivity (Wildman–Crippen MR) is 69.2 cm³/mol. The molecule has 0 amide bonds. The molecule has 4 heteroatoms. The van der Waals surface area contributed by atoms with Crippen LogP contribution < -0.4 is 15.8 Å². The Morgan fingerprint density at radius 3 is 3.12 bits per heavy atom. The van der Waals surface area contributed by atoms with E-state index in [2.05, 4.69) is 5.32 Å². The van der Waals surface area contributed by atoms with Gasteiger partial charge in [0.25, 0.3) is 0 Å². The largest absolute Gasteiger partial charge is 0.497 e. The molecule has 3 nitrogen and oxygen atoms in total. The third kappa shape index (κ3) is 2.83. The number of rotatable bonds is 4. The van der Waals surface area contributed by atoms with Crippen molar-refractivity contribution in [2.24, 2.45) is 0 Å². The van der Waals surface area contributed by atoms with Crippen LogP contribution in [0.1, 0.15) is 12.8 Å². The minimum atomic E-state index is 0.635. The monoisotopic (exact) mass is 238 g/mol. The summed E-state index contributed by atoms with van der Waals surface area (Å²) in [4.78, 5) is 1.12. The summed E-state index contributed by atoms with van der Waals surface area (Å²) in [6.07, 6.45) is 2.57. The number of nitrogens with one attached hydrogen (secondary N) is 1. The first-order chi connectivity index (χ1) is 7.79. The van der Waals surface area contributed by atoms with E-state index in [4.69, 9.17) is 10.5 Å². The first-order valence-corrected chi connectivity index (χ1v) is 6.58. The number of hydrogen-bond donors (Lipinski definition) is 2. The molecule has 0 aromatic heterocycles. The number of nitrogens with two attached hydrogens (primary N) is 1. The molecule has 0 saturated carbocycles. The molecule has 0 spiro atoms. The summed E-state index contributed by atoms with van der Waals surface area (Å²) in [6.45, 7) is 1.15. The van der Waals surface area contributed by atoms with Gasteiger partial charge >= 0.3 is 0 Å². The molecule has 0 aliphatic carbocycles. The van der Waals surface area contributed by atoms with Crippen LogP contribution in [0, 0.1) is 0 Å². The van der Waals surface area contributed by atoms with Gasteiger partial charge < -0.3 is 15.8 Å². The van der Waals surface area contributed by atoms with Gasteiger partial charge in [-0.15, -0.1) is 11.8 Å². The lowest BCUT2D eigenvalue weighted by atomic mass is 10.3. The number of anilines is 1. The van der Waals surface area contributed by atoms with Crippen LogP contribution in [0.3, 0.4) is 0 Å². The molecule has 2 rings (SSSR count). The quantitative estimate of drug-likeness (QED) is 0.623. The smallest absolute Gasteiger partial charge is 0.120 e. The third-order valence-electron chi connectivity index (χ3n) is 2.82. The first-order valence-electron chi connectivity index (χ1n) is 5.59. The number of methoxy groups -OCH3 is 1. The second kappa shape index (κ2) is 5.46. The zero-order valence-electron chi connectivity index (χ0n) is 9.53. The number of benzene rings is 1. The number of nitrogen functional groups attached to an aromatic ring is 1. The van der Waals surface area contributed by atoms with Gasteiger partial charge in [-0.3, -0.25) is 0 Å². The molecule has 1 aromatic rings. The van der Waals surface area contributed by atoms with Crippen LogP contribution in [0.5, 0.6) is 5.75 Å². The summed E-state index contributed by atoms with van der Waals surface area (Å²) < 4.78 is 5.20. The van der Waals surface area contributed by atoms with Crippen molar-refractivity contribution in [2.45, 2.75) is 23.8 Å². The number of ether oxygens (including phenoxy) is 1. The van der Waals surface area contributed by atoms with Crippen molar-refractivity contribution in [2.75, 3.05) is 25.1 Å². The summed E-state index contributed by atoms with van der Waals surface area (Å²) in [5.74, 6) is 1.95. The van der Waals surface area contributed by atoms with Gasteiger partial charge in [0.2, 0.25) is 0 Å². The first kappa shape index (κ1) is 11.6. The van der Waals surface area contributed by atoms with Crippen molar-refractivity contribution < 1.29 is 4.74 Å². The average Bonchev–Trinajstić information content (AvgIpc) is 2.81. The van der Waals surface area contributed by atoms with Gasteiger partial charge in [-0.25, -0.2) is 0 Å². The minimum Gasteiger partial charge on any atom is -0.497 e. The summed E-state index contributed by atoms with van der Waals surface area (Å²) in [5.41, 5.74) is 6.77. The van der Waals surface area contributed by atoms with E-state index in [0.717, 1.165) is 28.6 Å². The fourth-order valence-electron chi connectivity index (χ4n) is 1.86. The molecule has 1 saturated heterocycles. The van der Waals surface area contributed by atoms with Gasteiger partial charge in [0.05, 0.1) is 7.11 Å². The van der Waals surface area contributed by atoms with Crippen LogP contribution in [0.25, 0.3) is 0 Å². The van der Waals surface area contributed by atoms with Gasteiger partial charge in [-0.1, -0.05) is 0 Å². The SMILES string of the molecule is COc1ccc(N)c(SCC2CCCN2)c1. The Morgan fingerprint density at radius 2 is 2.44 bits per heavy atom. The lowest BCUT2D eigenvalue weighted by molar-refractivity contribution is 0.414. The molecule has 1 aliphatic rings. The third-order valence-corrected chi connectivity index (χ3v) is 4.06. The van der Waals surface area contributed by atoms with Crippen molar-refractivity contribution in [3.8, 4) is 5.75 Å². The molecule has 0 radical (unpaired) electrons. The van der Waals surface area contributed by atoms with E-state index in [1.807, 2.05) is 18.2 Å². The molecule has 1 heterocycles. The lowest BCUT2D eigenvalue weighted by Gasteiger charge is -2.11. The predicted octanol–water partition coefficient (Wildman–Crippen LogP) is 2.12. The van der Waals surface area contributed by atoms with Gasteiger partial charge in [0, 0.05) is 22.4 Å². The van der Waals surface area contributed by atoms with Gasteiger partial charge in [0.15, 0.2) is 0 Å². The van der Waals surface area contributed by atoms with Gasteiger partial charge in [-0.05, 0) is 37.6 Å². The molecule has 16 heavy (non-hydrogen) atoms. The Bertz CT molecular complexity index is 351. The van der Waals surface area contributed by atoms with Gasteiger partial charge in [-0.2, -0.15) is 0 Å². The summed E-state index contributed by atoms with van der Waals surface area (Å²) in [7, 11) is 1.68. The highest BCUT2D eigenvalue weighted by molar-refractivity contribution is 7.99. The van der Waals surface area contributed by atoms with Crippen LogP contribution >= 0.6 is 11.8 Å². The van der Waals surface area contributed by atoms with E-state index in [9.17, 15) is 0 Å². The molecule has 0 bridgehead atoms. The molecule has 1 unspecified atom stereocenters. The van der Waals surface area contributed by atoms with Crippen molar-refractivity contribution in [1.82, 2.24) is 5.32 Å². The highest BCUT2D eigenvalue weighted by atomic mass is 32.2. The van der Waals surface area contributed by atoms with Crippen molar-refractivity contribution >= 4 is 17.4 Å². The zero-order valence-corrected chi connectivity index (χ0v) is 10.3. The standard InChI is InChI=1S/C12H18N2OS/c1-15-10-4-5-11(13)12(7-10)16-8-9-3-2-6-14-9/h4-5,7,9,14H,2-3,6,8,13H2,1H3. The Labute approximate surface area is 101 Å². The summed E-state index contributed by atoms with van der Waals surface area (Å²) in [6, 6.07) is 6.45. The van der Waals surface area contributed by atoms with Crippen molar-refractivity contribution in [1.29, 1.82) is 0 Å². The molecule has 1 aromatic carbocycles. The maximum Gasteiger partial charge on any atom is 0.120 e. The molecular weight excluding hydrogens is 220 g/mol. The molecule has 3 N–H and O–H groups in total. The Morgan fingerprint density at radius 1 is 1.56 bits per heavy atom. The van der Waals surface area contributed by atoms with Crippen molar-refractivity contribution in [3.05, 3.63) is 18.2 Å². The van der Waals surface area contributed by atoms with E-state index >= 15 is 0 Å². The van der Waals surface area contributed by atoms with E-state index in [1.54, 1.807) is 18.9 Å². The van der Waals surface area contributed by atoms with Gasteiger partial charge in [0.1, 0.15) is 5.75 Å². The van der Waals surface area contributed by atoms with Crippen LogP contribution in [-0.2, 0) is 0 Å². The van der Waals surface area contributed by atoms with Crippen LogP contribution in [-0.4, -0.2) is 25.4 Å². The molecular formula is C12H18N2OS. The highest BCUT2D eigenvalue weighted by Crippen LogP contribution is 2.30. The lowest BCUT2D eigenvalue weighted by Crippen LogP contribution is -2.23. The molecule has 1 aliphatic heterocycles. The van der Waals surface area contributed by atoms with Crippen LogP contribution in [0.2, 0.25) is 0 Å². The Hall–Kier alpha value is -0.870. The maximum absolute atomic E-state index is 5.93. The fourth-order valence-corrected chi connectivity index (χ4v) is 2.96. The van der Waals surface area contributed by atoms with E-state index in [0.29, 0.717) is 6.04 Å². The van der Waals surface area contributed by atoms with Crippen LogP contribution in [0.4, 0.5) is 5.69 Å². The number of hydrogen-bond acceptors (Lipinski definition) is 4. The summed E-state index contributed by atoms with van der Waals surface area (Å²) in [5, 5.41) is 3.48. The molecule has 88 valence electrons. The average molecular weight is 238 g/mol. The fraction of sp³-hybridized carbons (Fsp3) is 0.500. The minimum absolute atomic E-state index is 0.635. The van der Waals surface area contributed by atoms with Crippen LogP contribution in [0.15, 0.2) is 23.1 Å². The zero-order chi connectivity index (χ0) is 11.4. The van der Waals surface area contributed by atoms with E-state index < -0.39 is 0 Å². The maximum atomic E-state index is 5.93. The molecule has 1 fully saturated rings. The Balaban J connectivity index is 1.96. The second-order valence-corrected chi connectivity index (χ2v) is 5.07. The highest BCUT2D eigenvalue weighted by Gasteiger charge is 2.14. The van der Waals surface area contributed by atoms with Crippen molar-refractivity contribution in [3.63, 3.8) is 0 Å². The Kier molecular flexibility index (Phi) is 3.96. The topological polar surface area (TPSA) is 47.3 Å². The summed E-state index contributed by atoms with van der Waals surface area (Å²) >= 11 is 1.81. The van der Waals surface area contributed by atoms with E-state index in [-0.39, 0.29) is 0 Å².